The first-order chi connectivity index (χ1) is 15.7. The topological polar surface area (TPSA) is 97.2 Å². The van der Waals surface area contributed by atoms with Crippen molar-refractivity contribution in [2.24, 2.45) is 17.3 Å². The van der Waals surface area contributed by atoms with Crippen LogP contribution >= 0.6 is 0 Å². The van der Waals surface area contributed by atoms with E-state index in [0.717, 1.165) is 25.7 Å². The average Bonchev–Trinajstić information content (AvgIpc) is 3.27. The van der Waals surface area contributed by atoms with Crippen molar-refractivity contribution >= 4 is 28.5 Å². The number of nitrogens with zero attached hydrogens (tertiary/aromatic N) is 4. The molecule has 2 aromatic rings. The van der Waals surface area contributed by atoms with Crippen molar-refractivity contribution in [1.82, 2.24) is 25.0 Å². The number of hydrogen-bond acceptors (Lipinski definition) is 5. The SMILES string of the molecule is CC(=O)c1nn(CC(=O)N2[C@@H]3C[C@@H]3C[C@H]2C(=O)NC[C@@H]2CCCC(C)(C)C2)c2cnccc12. The Kier molecular flexibility index (Phi) is 5.49. The van der Waals surface area contributed by atoms with Crippen LogP contribution in [-0.4, -0.2) is 55.9 Å². The zero-order valence-electron chi connectivity index (χ0n) is 19.7. The Balaban J connectivity index is 1.28. The van der Waals surface area contributed by atoms with Crippen molar-refractivity contribution in [2.45, 2.75) is 77.9 Å². The summed E-state index contributed by atoms with van der Waals surface area (Å²) in [6.45, 7) is 6.76. The molecule has 33 heavy (non-hydrogen) atoms. The fraction of sp³-hybridized carbons (Fsp3) is 0.640. The van der Waals surface area contributed by atoms with Gasteiger partial charge in [0.05, 0.1) is 11.7 Å². The molecule has 1 saturated heterocycles. The van der Waals surface area contributed by atoms with Crippen molar-refractivity contribution < 1.29 is 14.4 Å². The fourth-order valence-electron chi connectivity index (χ4n) is 6.05. The second kappa shape index (κ2) is 8.22. The lowest BCUT2D eigenvalue weighted by molar-refractivity contribution is -0.140. The third-order valence-electron chi connectivity index (χ3n) is 7.74. The van der Waals surface area contributed by atoms with Gasteiger partial charge in [0.15, 0.2) is 5.78 Å². The van der Waals surface area contributed by atoms with E-state index in [-0.39, 0.29) is 30.2 Å². The van der Waals surface area contributed by atoms with E-state index in [0.29, 0.717) is 40.4 Å². The van der Waals surface area contributed by atoms with Gasteiger partial charge in [0.1, 0.15) is 18.3 Å². The molecule has 3 aliphatic rings. The largest absolute Gasteiger partial charge is 0.354 e. The highest BCUT2D eigenvalue weighted by atomic mass is 16.2. The number of rotatable bonds is 6. The van der Waals surface area contributed by atoms with Crippen LogP contribution in [0.3, 0.4) is 0 Å². The van der Waals surface area contributed by atoms with Crippen LogP contribution in [0.2, 0.25) is 0 Å². The Morgan fingerprint density at radius 3 is 2.82 bits per heavy atom. The molecule has 8 heteroatoms. The molecule has 0 aromatic carbocycles. The van der Waals surface area contributed by atoms with Crippen molar-refractivity contribution in [3.63, 3.8) is 0 Å². The smallest absolute Gasteiger partial charge is 0.245 e. The number of pyridine rings is 1. The summed E-state index contributed by atoms with van der Waals surface area (Å²) >= 11 is 0. The second-order valence-electron chi connectivity index (χ2n) is 10.9. The van der Waals surface area contributed by atoms with E-state index in [2.05, 4.69) is 29.2 Å². The highest BCUT2D eigenvalue weighted by Crippen LogP contribution is 2.48. The summed E-state index contributed by atoms with van der Waals surface area (Å²) < 4.78 is 1.55. The summed E-state index contributed by atoms with van der Waals surface area (Å²) in [5.41, 5.74) is 1.34. The lowest BCUT2D eigenvalue weighted by atomic mass is 9.72. The van der Waals surface area contributed by atoms with Crippen molar-refractivity contribution in [3.05, 3.63) is 24.2 Å². The van der Waals surface area contributed by atoms with E-state index >= 15 is 0 Å². The molecule has 0 bridgehead atoms. The molecular formula is C25H33N5O3. The van der Waals surface area contributed by atoms with Gasteiger partial charge in [-0.2, -0.15) is 5.10 Å². The molecular weight excluding hydrogens is 418 g/mol. The van der Waals surface area contributed by atoms with Crippen LogP contribution in [0.5, 0.6) is 0 Å². The number of likely N-dealkylation sites (tertiary alicyclic amines) is 1. The van der Waals surface area contributed by atoms with Gasteiger partial charge in [-0.25, -0.2) is 0 Å². The highest BCUT2D eigenvalue weighted by Gasteiger charge is 2.56. The van der Waals surface area contributed by atoms with Gasteiger partial charge in [-0.15, -0.1) is 0 Å². The third-order valence-corrected chi connectivity index (χ3v) is 7.74. The number of amides is 2. The van der Waals surface area contributed by atoms with Gasteiger partial charge in [0, 0.05) is 31.1 Å². The van der Waals surface area contributed by atoms with Crippen molar-refractivity contribution in [3.8, 4) is 0 Å². The molecule has 2 aromatic heterocycles. The van der Waals surface area contributed by atoms with Gasteiger partial charge in [0.25, 0.3) is 0 Å². The van der Waals surface area contributed by atoms with Crippen LogP contribution in [0.25, 0.3) is 10.9 Å². The first-order valence-electron chi connectivity index (χ1n) is 12.1. The quantitative estimate of drug-likeness (QED) is 0.681. The van der Waals surface area contributed by atoms with Gasteiger partial charge in [-0.3, -0.25) is 24.0 Å². The number of Topliss-reactive ketones (excluding diaryl/α,β-unsaturated/α-hetero) is 1. The highest BCUT2D eigenvalue weighted by molar-refractivity contribution is 6.04. The molecule has 3 fully saturated rings. The number of hydrogen-bond donors (Lipinski definition) is 1. The summed E-state index contributed by atoms with van der Waals surface area (Å²) in [5.74, 6) is 0.620. The maximum atomic E-state index is 13.4. The van der Waals surface area contributed by atoms with Crippen LogP contribution < -0.4 is 5.32 Å². The van der Waals surface area contributed by atoms with E-state index in [1.54, 1.807) is 28.0 Å². The van der Waals surface area contributed by atoms with Gasteiger partial charge in [0.2, 0.25) is 11.8 Å². The molecule has 3 heterocycles. The molecule has 0 radical (unpaired) electrons. The lowest BCUT2D eigenvalue weighted by Crippen LogP contribution is -2.50. The molecule has 8 nitrogen and oxygen atoms in total. The maximum absolute atomic E-state index is 13.4. The van der Waals surface area contributed by atoms with Crippen LogP contribution in [0.15, 0.2) is 18.5 Å². The van der Waals surface area contributed by atoms with Crippen LogP contribution in [0.1, 0.15) is 69.8 Å². The standard InChI is InChI=1S/C25H33N5O3/c1-15(31)23-18-6-8-26-13-21(18)29(28-23)14-22(32)30-19-9-17(19)10-20(30)24(33)27-12-16-5-4-7-25(2,3)11-16/h6,8,13,16-17,19-20H,4-5,7,9-12,14H2,1-3H3,(H,27,33)/t16-,17-,19-,20+/m1/s1. The molecule has 5 rings (SSSR count). The van der Waals surface area contributed by atoms with Gasteiger partial charge in [-0.1, -0.05) is 20.3 Å². The number of nitrogens with one attached hydrogen (secondary N) is 1. The summed E-state index contributed by atoms with van der Waals surface area (Å²) in [4.78, 5) is 44.4. The van der Waals surface area contributed by atoms with Crippen molar-refractivity contribution in [1.29, 1.82) is 0 Å². The Bertz CT molecular complexity index is 1110. The maximum Gasteiger partial charge on any atom is 0.245 e. The van der Waals surface area contributed by atoms with E-state index < -0.39 is 6.04 Å². The molecule has 2 amide bonds. The van der Waals surface area contributed by atoms with Gasteiger partial charge < -0.3 is 10.2 Å². The fourth-order valence-corrected chi connectivity index (χ4v) is 6.05. The Hall–Kier alpha value is -2.77. The molecule has 2 aliphatic carbocycles. The average molecular weight is 452 g/mol. The van der Waals surface area contributed by atoms with Crippen LogP contribution in [0, 0.1) is 17.3 Å². The Morgan fingerprint density at radius 1 is 1.24 bits per heavy atom. The summed E-state index contributed by atoms with van der Waals surface area (Å²) in [6.07, 6.45) is 9.68. The molecule has 176 valence electrons. The minimum atomic E-state index is -0.412. The number of carbonyl (C=O) groups excluding carboxylic acids is 3. The van der Waals surface area contributed by atoms with Gasteiger partial charge in [-0.05, 0) is 55.4 Å². The normalized spacial score (nSPS) is 27.9. The molecule has 2 saturated carbocycles. The minimum Gasteiger partial charge on any atom is -0.354 e. The molecule has 0 unspecified atom stereocenters. The molecule has 1 N–H and O–H groups in total. The Morgan fingerprint density at radius 2 is 2.06 bits per heavy atom. The van der Waals surface area contributed by atoms with Crippen molar-refractivity contribution in [2.75, 3.05) is 6.54 Å². The molecule has 1 aliphatic heterocycles. The number of fused-ring (bicyclic) bond motifs is 2. The van der Waals surface area contributed by atoms with E-state index in [4.69, 9.17) is 0 Å². The Labute approximate surface area is 194 Å². The summed E-state index contributed by atoms with van der Waals surface area (Å²) in [6, 6.07) is 1.48. The molecule has 0 spiro atoms. The minimum absolute atomic E-state index is 0.000707. The summed E-state index contributed by atoms with van der Waals surface area (Å²) in [7, 11) is 0. The van der Waals surface area contributed by atoms with E-state index in [1.807, 2.05) is 0 Å². The van der Waals surface area contributed by atoms with Crippen LogP contribution in [-0.2, 0) is 16.1 Å². The van der Waals surface area contributed by atoms with E-state index in [1.165, 1.54) is 19.8 Å². The van der Waals surface area contributed by atoms with Gasteiger partial charge >= 0.3 is 0 Å². The zero-order valence-corrected chi connectivity index (χ0v) is 19.7. The number of piperidine rings is 1. The first-order valence-corrected chi connectivity index (χ1v) is 12.1. The lowest BCUT2D eigenvalue weighted by Gasteiger charge is -2.35. The third kappa shape index (κ3) is 4.27. The zero-order chi connectivity index (χ0) is 23.3. The number of carbonyl (C=O) groups is 3. The summed E-state index contributed by atoms with van der Waals surface area (Å²) in [5, 5.41) is 8.25. The monoisotopic (exact) mass is 451 g/mol. The number of ketones is 1. The predicted molar refractivity (Wildman–Crippen MR) is 123 cm³/mol. The van der Waals surface area contributed by atoms with E-state index in [9.17, 15) is 14.4 Å². The predicted octanol–water partition coefficient (Wildman–Crippen LogP) is 2.96. The number of aromatic nitrogens is 3. The second-order valence-corrected chi connectivity index (χ2v) is 10.9. The molecule has 4 atom stereocenters. The van der Waals surface area contributed by atoms with Crippen LogP contribution in [0.4, 0.5) is 0 Å². The first kappa shape index (κ1) is 22.0.